The number of hydrogen-bond acceptors (Lipinski definition) is 2. The van der Waals surface area contributed by atoms with Crippen molar-refractivity contribution < 1.29 is 4.79 Å². The first-order valence-electron chi connectivity index (χ1n) is 7.76. The zero-order chi connectivity index (χ0) is 16.8. The summed E-state index contributed by atoms with van der Waals surface area (Å²) in [5.41, 5.74) is 2.03. The van der Waals surface area contributed by atoms with Gasteiger partial charge in [-0.15, -0.1) is 0 Å². The third-order valence-electron chi connectivity index (χ3n) is 3.83. The molecule has 0 saturated carbocycles. The lowest BCUT2D eigenvalue weighted by Gasteiger charge is -2.19. The highest BCUT2D eigenvalue weighted by molar-refractivity contribution is 6.30. The second-order valence-corrected chi connectivity index (χ2v) is 5.98. The van der Waals surface area contributed by atoms with Crippen LogP contribution in [0.2, 0.25) is 5.02 Å². The van der Waals surface area contributed by atoms with Gasteiger partial charge in [0.2, 0.25) is 5.91 Å². The first-order valence-corrected chi connectivity index (χ1v) is 8.14. The van der Waals surface area contributed by atoms with Crippen LogP contribution >= 0.6 is 11.6 Å². The minimum atomic E-state index is -0.0637. The van der Waals surface area contributed by atoms with Crippen molar-refractivity contribution in [3.8, 4) is 0 Å². The highest BCUT2D eigenvalue weighted by atomic mass is 35.5. The Morgan fingerprint density at radius 3 is 2.54 bits per heavy atom. The molecule has 0 aliphatic carbocycles. The molecule has 1 amide bonds. The van der Waals surface area contributed by atoms with Gasteiger partial charge in [0.25, 0.3) is 0 Å². The van der Waals surface area contributed by atoms with Crippen molar-refractivity contribution in [3.05, 3.63) is 89.5 Å². The first-order chi connectivity index (χ1) is 11.7. The average molecular weight is 340 g/mol. The van der Waals surface area contributed by atoms with Gasteiger partial charge in [-0.1, -0.05) is 29.8 Å². The SMILES string of the molecule is O=C(CC(c1ccc(Cl)cc1)n1cccc1)NCc1cccnc1. The van der Waals surface area contributed by atoms with Gasteiger partial charge in [0.05, 0.1) is 12.5 Å². The fraction of sp³-hybridized carbons (Fsp3) is 0.158. The minimum Gasteiger partial charge on any atom is -0.352 e. The summed E-state index contributed by atoms with van der Waals surface area (Å²) >= 11 is 5.97. The molecule has 1 atom stereocenters. The maximum Gasteiger partial charge on any atom is 0.222 e. The zero-order valence-corrected chi connectivity index (χ0v) is 13.9. The Morgan fingerprint density at radius 2 is 1.88 bits per heavy atom. The molecule has 3 rings (SSSR count). The summed E-state index contributed by atoms with van der Waals surface area (Å²) < 4.78 is 2.03. The van der Waals surface area contributed by atoms with Crippen molar-refractivity contribution in [1.82, 2.24) is 14.9 Å². The molecule has 122 valence electrons. The van der Waals surface area contributed by atoms with E-state index in [-0.39, 0.29) is 11.9 Å². The van der Waals surface area contributed by atoms with Crippen molar-refractivity contribution in [2.24, 2.45) is 0 Å². The van der Waals surface area contributed by atoms with Crippen molar-refractivity contribution >= 4 is 17.5 Å². The lowest BCUT2D eigenvalue weighted by Crippen LogP contribution is -2.26. The fourth-order valence-corrected chi connectivity index (χ4v) is 2.71. The Kier molecular flexibility index (Phi) is 5.29. The van der Waals surface area contributed by atoms with E-state index in [1.807, 2.05) is 65.5 Å². The summed E-state index contributed by atoms with van der Waals surface area (Å²) in [6, 6.07) is 15.3. The molecule has 0 aliphatic rings. The van der Waals surface area contributed by atoms with E-state index >= 15 is 0 Å². The molecule has 0 radical (unpaired) electrons. The normalized spacial score (nSPS) is 11.9. The number of amides is 1. The van der Waals surface area contributed by atoms with Crippen LogP contribution in [0.4, 0.5) is 0 Å². The van der Waals surface area contributed by atoms with Crippen molar-refractivity contribution in [2.45, 2.75) is 19.0 Å². The van der Waals surface area contributed by atoms with E-state index in [0.29, 0.717) is 18.0 Å². The minimum absolute atomic E-state index is 0.00694. The topological polar surface area (TPSA) is 46.9 Å². The van der Waals surface area contributed by atoms with E-state index in [0.717, 1.165) is 11.1 Å². The number of pyridine rings is 1. The summed E-state index contributed by atoms with van der Waals surface area (Å²) in [5, 5.41) is 3.64. The molecule has 3 aromatic rings. The second-order valence-electron chi connectivity index (χ2n) is 5.54. The molecule has 2 aromatic heterocycles. The van der Waals surface area contributed by atoms with Gasteiger partial charge in [0, 0.05) is 36.4 Å². The van der Waals surface area contributed by atoms with Crippen LogP contribution in [0.25, 0.3) is 0 Å². The Labute approximate surface area is 146 Å². The summed E-state index contributed by atoms with van der Waals surface area (Å²) in [6.45, 7) is 0.478. The predicted octanol–water partition coefficient (Wildman–Crippen LogP) is 3.83. The van der Waals surface area contributed by atoms with Crippen LogP contribution < -0.4 is 5.32 Å². The third-order valence-corrected chi connectivity index (χ3v) is 4.09. The van der Waals surface area contributed by atoms with Crippen LogP contribution in [-0.2, 0) is 11.3 Å². The zero-order valence-electron chi connectivity index (χ0n) is 13.1. The van der Waals surface area contributed by atoms with E-state index in [9.17, 15) is 4.79 Å². The van der Waals surface area contributed by atoms with Crippen molar-refractivity contribution in [2.75, 3.05) is 0 Å². The Balaban J connectivity index is 1.70. The number of nitrogens with zero attached hydrogens (tertiary/aromatic N) is 2. The van der Waals surface area contributed by atoms with Gasteiger partial charge >= 0.3 is 0 Å². The molecule has 24 heavy (non-hydrogen) atoms. The predicted molar refractivity (Wildman–Crippen MR) is 94.7 cm³/mol. The van der Waals surface area contributed by atoms with Gasteiger partial charge < -0.3 is 9.88 Å². The summed E-state index contributed by atoms with van der Waals surface area (Å²) in [6.07, 6.45) is 7.76. The van der Waals surface area contributed by atoms with E-state index in [1.165, 1.54) is 0 Å². The molecule has 4 nitrogen and oxygen atoms in total. The van der Waals surface area contributed by atoms with Gasteiger partial charge in [-0.05, 0) is 41.5 Å². The third kappa shape index (κ3) is 4.24. The fourth-order valence-electron chi connectivity index (χ4n) is 2.59. The molecule has 0 fully saturated rings. The molecular formula is C19H18ClN3O. The maximum absolute atomic E-state index is 12.4. The number of halogens is 1. The summed E-state index contributed by atoms with van der Waals surface area (Å²) in [4.78, 5) is 16.4. The molecule has 1 aromatic carbocycles. The van der Waals surface area contributed by atoms with Crippen LogP contribution in [0.5, 0.6) is 0 Å². The number of carbonyl (C=O) groups excluding carboxylic acids is 1. The molecule has 1 unspecified atom stereocenters. The monoisotopic (exact) mass is 339 g/mol. The van der Waals surface area contributed by atoms with Gasteiger partial charge in [-0.25, -0.2) is 0 Å². The van der Waals surface area contributed by atoms with Crippen molar-refractivity contribution in [3.63, 3.8) is 0 Å². The quantitative estimate of drug-likeness (QED) is 0.741. The lowest BCUT2D eigenvalue weighted by atomic mass is 10.0. The highest BCUT2D eigenvalue weighted by Gasteiger charge is 2.17. The number of aromatic nitrogens is 2. The largest absolute Gasteiger partial charge is 0.352 e. The van der Waals surface area contributed by atoms with Gasteiger partial charge in [0.1, 0.15) is 0 Å². The number of rotatable bonds is 6. The standard InChI is InChI=1S/C19H18ClN3O/c20-17-7-5-16(6-8-17)18(23-10-1-2-11-23)12-19(24)22-14-15-4-3-9-21-13-15/h1-11,13,18H,12,14H2,(H,22,24). The summed E-state index contributed by atoms with van der Waals surface area (Å²) in [5.74, 6) is -0.00694. The molecule has 0 saturated heterocycles. The van der Waals surface area contributed by atoms with Crippen molar-refractivity contribution in [1.29, 1.82) is 0 Å². The Hall–Kier alpha value is -2.59. The van der Waals surface area contributed by atoms with Crippen LogP contribution in [0.3, 0.4) is 0 Å². The molecule has 5 heteroatoms. The van der Waals surface area contributed by atoms with Gasteiger partial charge in [-0.3, -0.25) is 9.78 Å². The molecular weight excluding hydrogens is 322 g/mol. The van der Waals surface area contributed by atoms with E-state index in [4.69, 9.17) is 11.6 Å². The molecule has 2 heterocycles. The van der Waals surface area contributed by atoms with E-state index in [2.05, 4.69) is 10.3 Å². The number of nitrogens with one attached hydrogen (secondary N) is 1. The number of benzene rings is 1. The maximum atomic E-state index is 12.4. The molecule has 0 bridgehead atoms. The Bertz CT molecular complexity index is 770. The number of hydrogen-bond donors (Lipinski definition) is 1. The average Bonchev–Trinajstić information content (AvgIpc) is 3.14. The van der Waals surface area contributed by atoms with Crippen LogP contribution in [0, 0.1) is 0 Å². The number of carbonyl (C=O) groups is 1. The smallest absolute Gasteiger partial charge is 0.222 e. The van der Waals surface area contributed by atoms with Crippen LogP contribution in [-0.4, -0.2) is 15.5 Å². The molecule has 0 spiro atoms. The summed E-state index contributed by atoms with van der Waals surface area (Å²) in [7, 11) is 0. The highest BCUT2D eigenvalue weighted by Crippen LogP contribution is 2.24. The van der Waals surface area contributed by atoms with Gasteiger partial charge in [-0.2, -0.15) is 0 Å². The lowest BCUT2D eigenvalue weighted by molar-refractivity contribution is -0.121. The van der Waals surface area contributed by atoms with Crippen LogP contribution in [0.15, 0.2) is 73.3 Å². The Morgan fingerprint density at radius 1 is 1.12 bits per heavy atom. The van der Waals surface area contributed by atoms with Gasteiger partial charge in [0.15, 0.2) is 0 Å². The second kappa shape index (κ2) is 7.79. The first kappa shape index (κ1) is 16.3. The van der Waals surface area contributed by atoms with E-state index in [1.54, 1.807) is 12.4 Å². The molecule has 0 aliphatic heterocycles. The molecule has 1 N–H and O–H groups in total. The van der Waals surface area contributed by atoms with E-state index < -0.39 is 0 Å². The van der Waals surface area contributed by atoms with Crippen LogP contribution in [0.1, 0.15) is 23.6 Å².